The highest BCUT2D eigenvalue weighted by Gasteiger charge is 2.11. The number of carbonyl (C=O) groups excluding carboxylic acids is 1. The maximum atomic E-state index is 12.5. The van der Waals surface area contributed by atoms with Crippen molar-refractivity contribution in [1.82, 2.24) is 19.7 Å². The maximum absolute atomic E-state index is 12.5. The number of benzene rings is 1. The zero-order valence-electron chi connectivity index (χ0n) is 15.0. The summed E-state index contributed by atoms with van der Waals surface area (Å²) in [6, 6.07) is 8.51. The number of rotatable bonds is 8. The van der Waals surface area contributed by atoms with Gasteiger partial charge in [0, 0.05) is 25.1 Å². The first kappa shape index (κ1) is 18.3. The van der Waals surface area contributed by atoms with Gasteiger partial charge in [-0.25, -0.2) is 14.6 Å². The van der Waals surface area contributed by atoms with Gasteiger partial charge in [0.05, 0.1) is 19.3 Å². The highest BCUT2D eigenvalue weighted by Crippen LogP contribution is 2.30. The van der Waals surface area contributed by atoms with Crippen molar-refractivity contribution in [2.24, 2.45) is 0 Å². The van der Waals surface area contributed by atoms with E-state index in [1.165, 1.54) is 23.5 Å². The summed E-state index contributed by atoms with van der Waals surface area (Å²) in [6.07, 6.45) is 4.43. The van der Waals surface area contributed by atoms with Gasteiger partial charge in [-0.3, -0.25) is 4.79 Å². The molecule has 0 fully saturated rings. The van der Waals surface area contributed by atoms with Crippen molar-refractivity contribution in [1.29, 1.82) is 0 Å². The summed E-state index contributed by atoms with van der Waals surface area (Å²) in [6.45, 7) is 0.821. The van der Waals surface area contributed by atoms with Gasteiger partial charge in [0.2, 0.25) is 0 Å². The Kier molecular flexibility index (Phi) is 5.95. The largest absolute Gasteiger partial charge is 0.493 e. The van der Waals surface area contributed by atoms with Gasteiger partial charge in [-0.15, -0.1) is 0 Å². The van der Waals surface area contributed by atoms with Crippen LogP contribution in [0, 0.1) is 0 Å². The lowest BCUT2D eigenvalue weighted by Crippen LogP contribution is -2.13. The fourth-order valence-electron chi connectivity index (χ4n) is 2.29. The van der Waals surface area contributed by atoms with Crippen LogP contribution in [0.3, 0.4) is 0 Å². The number of nitrogens with zero attached hydrogens (tertiary/aromatic N) is 4. The van der Waals surface area contributed by atoms with Crippen molar-refractivity contribution in [3.63, 3.8) is 0 Å². The van der Waals surface area contributed by atoms with Crippen LogP contribution < -0.4 is 14.8 Å². The number of methoxy groups -OCH3 is 2. The predicted molar refractivity (Wildman–Crippen MR) is 97.5 cm³/mol. The van der Waals surface area contributed by atoms with Crippen molar-refractivity contribution in [3.05, 3.63) is 54.7 Å². The van der Waals surface area contributed by atoms with Crippen molar-refractivity contribution >= 4 is 11.6 Å². The number of aromatic nitrogens is 4. The number of hydrogen-bond acceptors (Lipinski definition) is 7. The summed E-state index contributed by atoms with van der Waals surface area (Å²) in [5, 5.41) is 6.81. The molecule has 9 heteroatoms. The SMILES string of the molecule is COCCOc1cc(NC(=O)c2ccc(-n3cncn3)nc2)ccc1OC. The summed E-state index contributed by atoms with van der Waals surface area (Å²) in [5.41, 5.74) is 0.991. The molecule has 1 amide bonds. The van der Waals surface area contributed by atoms with Crippen LogP contribution in [0.4, 0.5) is 5.69 Å². The highest BCUT2D eigenvalue weighted by atomic mass is 16.5. The number of anilines is 1. The van der Waals surface area contributed by atoms with Gasteiger partial charge < -0.3 is 19.5 Å². The van der Waals surface area contributed by atoms with Crippen molar-refractivity contribution in [3.8, 4) is 17.3 Å². The molecule has 2 heterocycles. The van der Waals surface area contributed by atoms with Gasteiger partial charge >= 0.3 is 0 Å². The van der Waals surface area contributed by atoms with Gasteiger partial charge in [-0.05, 0) is 24.3 Å². The molecule has 0 unspecified atom stereocenters. The van der Waals surface area contributed by atoms with E-state index in [-0.39, 0.29) is 5.91 Å². The fraction of sp³-hybridized carbons (Fsp3) is 0.222. The molecule has 0 aliphatic rings. The number of ether oxygens (including phenoxy) is 3. The second-order valence-corrected chi connectivity index (χ2v) is 5.41. The highest BCUT2D eigenvalue weighted by molar-refractivity contribution is 6.04. The lowest BCUT2D eigenvalue weighted by atomic mass is 10.2. The van der Waals surface area contributed by atoms with Crippen LogP contribution in [0.25, 0.3) is 5.82 Å². The molecule has 0 aliphatic carbocycles. The minimum Gasteiger partial charge on any atom is -0.493 e. The van der Waals surface area contributed by atoms with Crippen LogP contribution in [0.5, 0.6) is 11.5 Å². The Morgan fingerprint density at radius 1 is 1.15 bits per heavy atom. The van der Waals surface area contributed by atoms with Crippen molar-refractivity contribution < 1.29 is 19.0 Å². The molecule has 0 aliphatic heterocycles. The molecule has 0 spiro atoms. The summed E-state index contributed by atoms with van der Waals surface area (Å²) in [7, 11) is 3.15. The van der Waals surface area contributed by atoms with Crippen molar-refractivity contribution in [2.45, 2.75) is 0 Å². The molecule has 0 saturated heterocycles. The van der Waals surface area contributed by atoms with Gasteiger partial charge in [0.25, 0.3) is 5.91 Å². The molecule has 3 aromatic rings. The second kappa shape index (κ2) is 8.77. The molecule has 140 valence electrons. The molecule has 1 N–H and O–H groups in total. The van der Waals surface area contributed by atoms with E-state index in [2.05, 4.69) is 20.4 Å². The number of hydrogen-bond donors (Lipinski definition) is 1. The number of pyridine rings is 1. The fourth-order valence-corrected chi connectivity index (χ4v) is 2.29. The summed E-state index contributed by atoms with van der Waals surface area (Å²) in [5.74, 6) is 1.37. The Morgan fingerprint density at radius 3 is 2.70 bits per heavy atom. The Labute approximate surface area is 155 Å². The van der Waals surface area contributed by atoms with Crippen LogP contribution in [0.2, 0.25) is 0 Å². The lowest BCUT2D eigenvalue weighted by molar-refractivity contribution is 0.102. The first-order chi connectivity index (χ1) is 13.2. The minimum atomic E-state index is -0.291. The number of amides is 1. The standard InChI is InChI=1S/C18H19N5O4/c1-25-7-8-27-16-9-14(4-5-15(16)26-2)22-18(24)13-3-6-17(20-10-13)23-12-19-11-21-23/h3-6,9-12H,7-8H2,1-2H3,(H,22,24). The molecule has 0 atom stereocenters. The topological polar surface area (TPSA) is 100 Å². The van der Waals surface area contributed by atoms with Crippen LogP contribution in [-0.4, -0.2) is 53.1 Å². The van der Waals surface area contributed by atoms with E-state index in [1.807, 2.05) is 0 Å². The van der Waals surface area contributed by atoms with Gasteiger partial charge in [0.15, 0.2) is 17.3 Å². The van der Waals surface area contributed by atoms with E-state index >= 15 is 0 Å². The molecule has 0 radical (unpaired) electrons. The van der Waals surface area contributed by atoms with Crippen molar-refractivity contribution in [2.75, 3.05) is 32.8 Å². The molecular formula is C18H19N5O4. The number of nitrogens with one attached hydrogen (secondary N) is 1. The van der Waals surface area contributed by atoms with Gasteiger partial charge in [-0.1, -0.05) is 0 Å². The third-order valence-electron chi connectivity index (χ3n) is 3.63. The molecule has 1 aromatic carbocycles. The van der Waals surface area contributed by atoms with Crippen LogP contribution in [0.1, 0.15) is 10.4 Å². The molecule has 3 rings (SSSR count). The first-order valence-electron chi connectivity index (χ1n) is 8.13. The zero-order chi connectivity index (χ0) is 19.1. The van der Waals surface area contributed by atoms with Crippen LogP contribution in [0.15, 0.2) is 49.2 Å². The normalized spacial score (nSPS) is 10.4. The minimum absolute atomic E-state index is 0.291. The number of carbonyl (C=O) groups is 1. The predicted octanol–water partition coefficient (Wildman–Crippen LogP) is 1.95. The molecule has 0 bridgehead atoms. The zero-order valence-corrected chi connectivity index (χ0v) is 15.0. The average molecular weight is 369 g/mol. The monoisotopic (exact) mass is 369 g/mol. The molecular weight excluding hydrogens is 350 g/mol. The summed E-state index contributed by atoms with van der Waals surface area (Å²) < 4.78 is 17.4. The Bertz CT molecular complexity index is 881. The molecule has 0 saturated carbocycles. The van der Waals surface area contributed by atoms with E-state index in [0.717, 1.165) is 0 Å². The van der Waals surface area contributed by atoms with Gasteiger partial charge in [-0.2, -0.15) is 5.10 Å². The van der Waals surface area contributed by atoms with E-state index in [4.69, 9.17) is 14.2 Å². The molecule has 27 heavy (non-hydrogen) atoms. The van der Waals surface area contributed by atoms with E-state index in [0.29, 0.717) is 41.8 Å². The maximum Gasteiger partial charge on any atom is 0.257 e. The Balaban J connectivity index is 1.70. The third kappa shape index (κ3) is 4.59. The summed E-state index contributed by atoms with van der Waals surface area (Å²) in [4.78, 5) is 20.5. The quantitative estimate of drug-likeness (QED) is 0.606. The Hall–Kier alpha value is -3.46. The second-order valence-electron chi connectivity index (χ2n) is 5.41. The first-order valence-corrected chi connectivity index (χ1v) is 8.13. The van der Waals surface area contributed by atoms with Crippen LogP contribution in [-0.2, 0) is 4.74 Å². The lowest BCUT2D eigenvalue weighted by Gasteiger charge is -2.13. The average Bonchev–Trinajstić information content (AvgIpc) is 3.23. The van der Waals surface area contributed by atoms with E-state index in [9.17, 15) is 4.79 Å². The third-order valence-corrected chi connectivity index (χ3v) is 3.63. The molecule has 9 nitrogen and oxygen atoms in total. The molecule has 2 aromatic heterocycles. The van der Waals surface area contributed by atoms with Gasteiger partial charge in [0.1, 0.15) is 19.3 Å². The summed E-state index contributed by atoms with van der Waals surface area (Å²) >= 11 is 0. The van der Waals surface area contributed by atoms with E-state index < -0.39 is 0 Å². The smallest absolute Gasteiger partial charge is 0.257 e. The van der Waals surface area contributed by atoms with E-state index in [1.54, 1.807) is 44.6 Å². The van der Waals surface area contributed by atoms with Crippen LogP contribution >= 0.6 is 0 Å². The Morgan fingerprint density at radius 2 is 2.04 bits per heavy atom.